The lowest BCUT2D eigenvalue weighted by Gasteiger charge is -2.42. The van der Waals surface area contributed by atoms with Crippen molar-refractivity contribution in [2.45, 2.75) is 45.2 Å². The number of para-hydroxylation sites is 1. The lowest BCUT2D eigenvalue weighted by atomic mass is 9.99. The summed E-state index contributed by atoms with van der Waals surface area (Å²) in [6.07, 6.45) is 2.87. The summed E-state index contributed by atoms with van der Waals surface area (Å²) in [4.78, 5) is 39.1. The standard InChI is InChI=1S/C23H31N3O6S/c1-23(2,3)26(16-8-6-10-24-14-16)22(29)32-19-15(13-18-20(27)25-21(28)33-18)7-5-9-17(19)31-12-11-30-4/h5,7,9,13,16,24H,6,8,10-12,14H2,1-4H3,(H,25,27,28). The van der Waals surface area contributed by atoms with Gasteiger partial charge in [-0.15, -0.1) is 0 Å². The fourth-order valence-corrected chi connectivity index (χ4v) is 4.50. The maximum atomic E-state index is 13.5. The molecule has 2 N–H and O–H groups in total. The number of imide groups is 1. The highest BCUT2D eigenvalue weighted by atomic mass is 32.2. The van der Waals surface area contributed by atoms with Gasteiger partial charge in [-0.25, -0.2) is 4.79 Å². The number of hydrogen-bond acceptors (Lipinski definition) is 8. The number of piperidine rings is 1. The van der Waals surface area contributed by atoms with Crippen molar-refractivity contribution >= 4 is 35.1 Å². The molecular formula is C23H31N3O6S. The van der Waals surface area contributed by atoms with Crippen LogP contribution in [0.3, 0.4) is 0 Å². The Labute approximate surface area is 198 Å². The van der Waals surface area contributed by atoms with Crippen molar-refractivity contribution in [3.05, 3.63) is 28.7 Å². The molecule has 180 valence electrons. The maximum absolute atomic E-state index is 13.5. The Morgan fingerprint density at radius 2 is 2.06 bits per heavy atom. The summed E-state index contributed by atoms with van der Waals surface area (Å²) in [6.45, 7) is 8.13. The highest BCUT2D eigenvalue weighted by molar-refractivity contribution is 8.18. The highest BCUT2D eigenvalue weighted by Gasteiger charge is 2.36. The van der Waals surface area contributed by atoms with Gasteiger partial charge < -0.3 is 19.5 Å². The van der Waals surface area contributed by atoms with Crippen molar-refractivity contribution in [3.8, 4) is 11.5 Å². The monoisotopic (exact) mass is 477 g/mol. The number of benzene rings is 1. The second-order valence-electron chi connectivity index (χ2n) is 8.78. The Morgan fingerprint density at radius 3 is 2.67 bits per heavy atom. The molecule has 3 rings (SSSR count). The molecule has 1 aromatic carbocycles. The van der Waals surface area contributed by atoms with Gasteiger partial charge in [0.05, 0.1) is 11.5 Å². The Kier molecular flexibility index (Phi) is 8.39. The van der Waals surface area contributed by atoms with Gasteiger partial charge in [0.25, 0.3) is 11.1 Å². The summed E-state index contributed by atoms with van der Waals surface area (Å²) < 4.78 is 16.8. The summed E-state index contributed by atoms with van der Waals surface area (Å²) in [5.41, 5.74) is -0.0139. The number of nitrogens with one attached hydrogen (secondary N) is 2. The molecule has 3 amide bonds. The molecule has 0 aromatic heterocycles. The van der Waals surface area contributed by atoms with Crippen LogP contribution in [0.2, 0.25) is 0 Å². The van der Waals surface area contributed by atoms with E-state index in [1.54, 1.807) is 30.2 Å². The number of thioether (sulfide) groups is 1. The summed E-state index contributed by atoms with van der Waals surface area (Å²) in [6, 6.07) is 5.12. The number of nitrogens with zero attached hydrogens (tertiary/aromatic N) is 1. The smallest absolute Gasteiger partial charge is 0.416 e. The Balaban J connectivity index is 1.95. The van der Waals surface area contributed by atoms with E-state index in [0.29, 0.717) is 24.5 Å². The van der Waals surface area contributed by atoms with Gasteiger partial charge in [-0.2, -0.15) is 0 Å². The van der Waals surface area contributed by atoms with E-state index in [4.69, 9.17) is 14.2 Å². The van der Waals surface area contributed by atoms with Gasteiger partial charge in [0.1, 0.15) is 6.61 Å². The number of methoxy groups -OCH3 is 1. The van der Waals surface area contributed by atoms with Gasteiger partial charge in [-0.3, -0.25) is 19.8 Å². The second kappa shape index (κ2) is 11.0. The van der Waals surface area contributed by atoms with E-state index >= 15 is 0 Å². The molecule has 0 bridgehead atoms. The SMILES string of the molecule is COCCOc1cccc(C=C2SC(=O)NC2=O)c1OC(=O)N(C1CCCNC1)C(C)(C)C. The fourth-order valence-electron chi connectivity index (χ4n) is 3.83. The van der Waals surface area contributed by atoms with Gasteiger partial charge in [0, 0.05) is 30.8 Å². The predicted octanol–water partition coefficient (Wildman–Crippen LogP) is 3.39. The summed E-state index contributed by atoms with van der Waals surface area (Å²) in [5, 5.41) is 5.13. The lowest BCUT2D eigenvalue weighted by Crippen LogP contribution is -2.57. The van der Waals surface area contributed by atoms with Crippen LogP contribution in [0.15, 0.2) is 23.1 Å². The van der Waals surface area contributed by atoms with E-state index < -0.39 is 22.8 Å². The van der Waals surface area contributed by atoms with Crippen LogP contribution >= 0.6 is 11.8 Å². The van der Waals surface area contributed by atoms with Crippen LogP contribution in [0.1, 0.15) is 39.2 Å². The zero-order chi connectivity index (χ0) is 24.0. The van der Waals surface area contributed by atoms with Gasteiger partial charge in [-0.1, -0.05) is 12.1 Å². The topological polar surface area (TPSA) is 106 Å². The Hall–Kier alpha value is -2.56. The Bertz CT molecular complexity index is 921. The second-order valence-corrected chi connectivity index (χ2v) is 9.79. The lowest BCUT2D eigenvalue weighted by molar-refractivity contribution is -0.115. The normalized spacial score (nSPS) is 20.0. The van der Waals surface area contributed by atoms with Crippen LogP contribution in [0.4, 0.5) is 9.59 Å². The summed E-state index contributed by atoms with van der Waals surface area (Å²) in [5.74, 6) is 0.0505. The van der Waals surface area contributed by atoms with Crippen molar-refractivity contribution in [2.75, 3.05) is 33.4 Å². The van der Waals surface area contributed by atoms with Crippen LogP contribution in [-0.4, -0.2) is 67.1 Å². The molecule has 2 aliphatic rings. The van der Waals surface area contributed by atoms with E-state index in [-0.39, 0.29) is 23.3 Å². The van der Waals surface area contributed by atoms with E-state index in [1.807, 2.05) is 20.8 Å². The van der Waals surface area contributed by atoms with Crippen molar-refractivity contribution in [3.63, 3.8) is 0 Å². The van der Waals surface area contributed by atoms with Gasteiger partial charge >= 0.3 is 6.09 Å². The molecule has 0 spiro atoms. The van der Waals surface area contributed by atoms with E-state index in [2.05, 4.69) is 10.6 Å². The molecular weight excluding hydrogens is 446 g/mol. The predicted molar refractivity (Wildman–Crippen MR) is 126 cm³/mol. The molecule has 9 nitrogen and oxygen atoms in total. The van der Waals surface area contributed by atoms with Crippen LogP contribution < -0.4 is 20.1 Å². The fraction of sp³-hybridized carbons (Fsp3) is 0.522. The summed E-state index contributed by atoms with van der Waals surface area (Å²) >= 11 is 0.798. The number of rotatable bonds is 7. The third kappa shape index (κ3) is 6.49. The first-order valence-corrected chi connectivity index (χ1v) is 11.7. The first-order valence-electron chi connectivity index (χ1n) is 10.9. The van der Waals surface area contributed by atoms with Crippen molar-refractivity contribution in [1.82, 2.24) is 15.5 Å². The average Bonchev–Trinajstić information content (AvgIpc) is 3.06. The van der Waals surface area contributed by atoms with Crippen molar-refractivity contribution in [1.29, 1.82) is 0 Å². The van der Waals surface area contributed by atoms with E-state index in [1.165, 1.54) is 6.08 Å². The van der Waals surface area contributed by atoms with Crippen LogP contribution in [0, 0.1) is 0 Å². The largest absolute Gasteiger partial charge is 0.487 e. The number of hydrogen-bond donors (Lipinski definition) is 2. The first-order chi connectivity index (χ1) is 15.7. The van der Waals surface area contributed by atoms with E-state index in [0.717, 1.165) is 31.1 Å². The first kappa shape index (κ1) is 25.1. The molecule has 1 aromatic rings. The van der Waals surface area contributed by atoms with Gasteiger partial charge in [0.2, 0.25) is 0 Å². The van der Waals surface area contributed by atoms with Crippen molar-refractivity contribution < 1.29 is 28.6 Å². The minimum absolute atomic E-state index is 0.0107. The molecule has 0 aliphatic carbocycles. The molecule has 2 heterocycles. The van der Waals surface area contributed by atoms with Crippen LogP contribution in [0.5, 0.6) is 11.5 Å². The molecule has 2 fully saturated rings. The maximum Gasteiger partial charge on any atom is 0.416 e. The molecule has 10 heteroatoms. The van der Waals surface area contributed by atoms with Gasteiger partial charge in [0.15, 0.2) is 11.5 Å². The molecule has 0 saturated carbocycles. The highest BCUT2D eigenvalue weighted by Crippen LogP contribution is 2.36. The minimum atomic E-state index is -0.502. The zero-order valence-corrected chi connectivity index (χ0v) is 20.3. The molecule has 2 saturated heterocycles. The van der Waals surface area contributed by atoms with Crippen molar-refractivity contribution in [2.24, 2.45) is 0 Å². The third-order valence-corrected chi connectivity index (χ3v) is 6.04. The van der Waals surface area contributed by atoms with Crippen LogP contribution in [-0.2, 0) is 9.53 Å². The molecule has 2 aliphatic heterocycles. The average molecular weight is 478 g/mol. The Morgan fingerprint density at radius 1 is 1.27 bits per heavy atom. The van der Waals surface area contributed by atoms with Gasteiger partial charge in [-0.05, 0) is 64.1 Å². The molecule has 1 atom stereocenters. The van der Waals surface area contributed by atoms with Crippen LogP contribution in [0.25, 0.3) is 6.08 Å². The third-order valence-electron chi connectivity index (χ3n) is 5.23. The quantitative estimate of drug-likeness (QED) is 0.455. The number of carbonyl (C=O) groups is 3. The zero-order valence-electron chi connectivity index (χ0n) is 19.4. The molecule has 33 heavy (non-hydrogen) atoms. The number of amides is 3. The molecule has 1 unspecified atom stereocenters. The number of ether oxygens (including phenoxy) is 3. The summed E-state index contributed by atoms with van der Waals surface area (Å²) in [7, 11) is 1.57. The minimum Gasteiger partial charge on any atom is -0.487 e. The van der Waals surface area contributed by atoms with E-state index in [9.17, 15) is 14.4 Å². The molecule has 0 radical (unpaired) electrons. The number of carbonyl (C=O) groups excluding carboxylic acids is 3.